The Morgan fingerprint density at radius 1 is 1.07 bits per heavy atom. The highest BCUT2D eigenvalue weighted by Crippen LogP contribution is 2.16. The number of pyridine rings is 2. The van der Waals surface area contributed by atoms with Crippen LogP contribution in [0.5, 0.6) is 0 Å². The average molecular weight is 373 g/mol. The van der Waals surface area contributed by atoms with Gasteiger partial charge in [0.25, 0.3) is 11.5 Å². The second-order valence-electron chi connectivity index (χ2n) is 6.09. The number of carbonyl (C=O) groups is 1. The van der Waals surface area contributed by atoms with E-state index < -0.39 is 17.2 Å². The van der Waals surface area contributed by atoms with Crippen molar-refractivity contribution < 1.29 is 4.79 Å². The van der Waals surface area contributed by atoms with Gasteiger partial charge in [-0.25, -0.2) is 4.79 Å². The third-order valence-electron chi connectivity index (χ3n) is 4.20. The van der Waals surface area contributed by atoms with Crippen LogP contribution in [0.3, 0.4) is 0 Å². The van der Waals surface area contributed by atoms with Gasteiger partial charge in [0.1, 0.15) is 5.56 Å². The second-order valence-corrected chi connectivity index (χ2v) is 6.09. The number of benzene rings is 1. The predicted molar refractivity (Wildman–Crippen MR) is 104 cm³/mol. The van der Waals surface area contributed by atoms with Gasteiger partial charge in [0.05, 0.1) is 29.6 Å². The first-order valence-electron chi connectivity index (χ1n) is 8.50. The number of rotatable bonds is 4. The van der Waals surface area contributed by atoms with Crippen LogP contribution >= 0.6 is 0 Å². The van der Waals surface area contributed by atoms with E-state index >= 15 is 0 Å². The molecule has 0 fully saturated rings. The van der Waals surface area contributed by atoms with Crippen LogP contribution in [-0.4, -0.2) is 25.4 Å². The van der Waals surface area contributed by atoms with Crippen molar-refractivity contribution in [3.05, 3.63) is 99.2 Å². The minimum absolute atomic E-state index is 0.0341. The lowest BCUT2D eigenvalue weighted by Gasteiger charge is -2.08. The molecule has 2 N–H and O–H groups in total. The van der Waals surface area contributed by atoms with E-state index in [1.807, 2.05) is 24.3 Å². The second kappa shape index (κ2) is 7.28. The third-order valence-corrected chi connectivity index (χ3v) is 4.20. The molecule has 4 rings (SSSR count). The van der Waals surface area contributed by atoms with Crippen molar-refractivity contribution in [2.24, 2.45) is 0 Å². The summed E-state index contributed by atoms with van der Waals surface area (Å²) in [7, 11) is 0. The van der Waals surface area contributed by atoms with Crippen molar-refractivity contribution in [3.63, 3.8) is 0 Å². The zero-order valence-corrected chi connectivity index (χ0v) is 14.6. The molecule has 4 aromatic rings. The summed E-state index contributed by atoms with van der Waals surface area (Å²) in [6.07, 6.45) is 4.19. The molecule has 0 saturated heterocycles. The lowest BCUT2D eigenvalue weighted by molar-refractivity contribution is 0.102. The summed E-state index contributed by atoms with van der Waals surface area (Å²) in [4.78, 5) is 48.1. The molecule has 0 aliphatic heterocycles. The molecule has 1 amide bonds. The topological polar surface area (TPSA) is 110 Å². The van der Waals surface area contributed by atoms with E-state index in [9.17, 15) is 14.4 Å². The molecule has 0 spiro atoms. The molecular formula is C20H15N5O3. The Morgan fingerprint density at radius 2 is 1.89 bits per heavy atom. The summed E-state index contributed by atoms with van der Waals surface area (Å²) in [5.74, 6) is -0.631. The van der Waals surface area contributed by atoms with E-state index in [1.54, 1.807) is 30.5 Å². The average Bonchev–Trinajstić information content (AvgIpc) is 2.71. The van der Waals surface area contributed by atoms with E-state index in [0.29, 0.717) is 11.4 Å². The van der Waals surface area contributed by atoms with E-state index in [0.717, 1.165) is 21.7 Å². The van der Waals surface area contributed by atoms with Crippen LogP contribution < -0.4 is 16.6 Å². The Bertz CT molecular complexity index is 1280. The van der Waals surface area contributed by atoms with Crippen LogP contribution in [-0.2, 0) is 6.54 Å². The summed E-state index contributed by atoms with van der Waals surface area (Å²) >= 11 is 0. The molecule has 0 bridgehead atoms. The first kappa shape index (κ1) is 17.3. The Balaban J connectivity index is 1.64. The molecule has 138 valence electrons. The smallest absolute Gasteiger partial charge is 0.320 e. The quantitative estimate of drug-likeness (QED) is 0.567. The number of nitrogens with zero attached hydrogens (tertiary/aromatic N) is 3. The van der Waals surface area contributed by atoms with Crippen molar-refractivity contribution in [1.29, 1.82) is 0 Å². The van der Waals surface area contributed by atoms with Gasteiger partial charge in [-0.2, -0.15) is 0 Å². The first-order chi connectivity index (χ1) is 13.6. The SMILES string of the molecule is O=C(Nc1cnc2ccccc2c1)c1c[nH]c(=O)n(Cc2ccccn2)c1=O. The van der Waals surface area contributed by atoms with Crippen molar-refractivity contribution in [2.75, 3.05) is 5.32 Å². The fourth-order valence-corrected chi connectivity index (χ4v) is 2.81. The van der Waals surface area contributed by atoms with Crippen LogP contribution in [0.15, 0.2) is 76.7 Å². The highest BCUT2D eigenvalue weighted by Gasteiger charge is 2.16. The van der Waals surface area contributed by atoms with Crippen molar-refractivity contribution >= 4 is 22.5 Å². The van der Waals surface area contributed by atoms with Crippen molar-refractivity contribution in [2.45, 2.75) is 6.54 Å². The van der Waals surface area contributed by atoms with Crippen LogP contribution in [0.1, 0.15) is 16.1 Å². The van der Waals surface area contributed by atoms with Gasteiger partial charge in [0.2, 0.25) is 0 Å². The van der Waals surface area contributed by atoms with Crippen molar-refractivity contribution in [3.8, 4) is 0 Å². The van der Waals surface area contributed by atoms with Crippen LogP contribution in [0.4, 0.5) is 5.69 Å². The number of aromatic amines is 1. The number of hydrogen-bond donors (Lipinski definition) is 2. The Kier molecular flexibility index (Phi) is 4.51. The number of anilines is 1. The summed E-state index contributed by atoms with van der Waals surface area (Å²) in [6, 6.07) is 14.4. The monoisotopic (exact) mass is 373 g/mol. The van der Waals surface area contributed by atoms with Gasteiger partial charge in [-0.3, -0.25) is 24.1 Å². The highest BCUT2D eigenvalue weighted by atomic mass is 16.2. The zero-order chi connectivity index (χ0) is 19.5. The molecule has 8 heteroatoms. The van der Waals surface area contributed by atoms with Gasteiger partial charge in [-0.15, -0.1) is 0 Å². The highest BCUT2D eigenvalue weighted by molar-refractivity contribution is 6.04. The van der Waals surface area contributed by atoms with E-state index in [1.165, 1.54) is 6.20 Å². The Morgan fingerprint density at radius 3 is 2.71 bits per heavy atom. The van der Waals surface area contributed by atoms with E-state index in [-0.39, 0.29) is 12.1 Å². The molecule has 0 atom stereocenters. The van der Waals surface area contributed by atoms with Crippen LogP contribution in [0, 0.1) is 0 Å². The normalized spacial score (nSPS) is 10.7. The van der Waals surface area contributed by atoms with Gasteiger partial charge in [0.15, 0.2) is 0 Å². The van der Waals surface area contributed by atoms with Crippen LogP contribution in [0.25, 0.3) is 10.9 Å². The maximum absolute atomic E-state index is 12.7. The molecule has 0 aliphatic rings. The predicted octanol–water partition coefficient (Wildman–Crippen LogP) is 1.78. The van der Waals surface area contributed by atoms with Gasteiger partial charge in [-0.05, 0) is 24.3 Å². The maximum atomic E-state index is 12.7. The molecule has 0 radical (unpaired) electrons. The number of H-pyrrole nitrogens is 1. The number of aromatic nitrogens is 4. The standard InChI is InChI=1S/C20H15N5O3/c26-18(24-15-9-13-5-1-2-7-17(13)22-10-15)16-11-23-20(28)25(19(16)27)12-14-6-3-4-8-21-14/h1-11H,12H2,(H,23,28)(H,24,26). The third kappa shape index (κ3) is 3.43. The molecule has 0 saturated carbocycles. The Hall–Kier alpha value is -4.07. The lowest BCUT2D eigenvalue weighted by Crippen LogP contribution is -2.39. The largest absolute Gasteiger partial charge is 0.328 e. The lowest BCUT2D eigenvalue weighted by atomic mass is 10.2. The first-order valence-corrected chi connectivity index (χ1v) is 8.50. The van der Waals surface area contributed by atoms with E-state index in [2.05, 4.69) is 20.3 Å². The number of amides is 1. The number of nitrogens with one attached hydrogen (secondary N) is 2. The zero-order valence-electron chi connectivity index (χ0n) is 14.6. The fourth-order valence-electron chi connectivity index (χ4n) is 2.81. The van der Waals surface area contributed by atoms with Gasteiger partial charge < -0.3 is 10.3 Å². The summed E-state index contributed by atoms with van der Waals surface area (Å²) in [5, 5.41) is 3.51. The molecule has 28 heavy (non-hydrogen) atoms. The molecule has 3 heterocycles. The molecule has 3 aromatic heterocycles. The van der Waals surface area contributed by atoms with E-state index in [4.69, 9.17) is 0 Å². The molecule has 0 unspecified atom stereocenters. The number of carbonyl (C=O) groups excluding carboxylic acids is 1. The van der Waals surface area contributed by atoms with Gasteiger partial charge in [0, 0.05) is 17.8 Å². The summed E-state index contributed by atoms with van der Waals surface area (Å²) in [5.41, 5.74) is 0.295. The molecular weight excluding hydrogens is 358 g/mol. The number of fused-ring (bicyclic) bond motifs is 1. The summed E-state index contributed by atoms with van der Waals surface area (Å²) < 4.78 is 0.940. The molecule has 1 aromatic carbocycles. The maximum Gasteiger partial charge on any atom is 0.328 e. The minimum atomic E-state index is -0.694. The van der Waals surface area contributed by atoms with Gasteiger partial charge in [-0.1, -0.05) is 24.3 Å². The molecule has 0 aliphatic carbocycles. The Labute approximate surface area is 158 Å². The minimum Gasteiger partial charge on any atom is -0.320 e. The number of para-hydroxylation sites is 1. The summed E-state index contributed by atoms with van der Waals surface area (Å²) in [6.45, 7) is -0.0341. The molecule has 8 nitrogen and oxygen atoms in total. The van der Waals surface area contributed by atoms with Crippen molar-refractivity contribution in [1.82, 2.24) is 19.5 Å². The van der Waals surface area contributed by atoms with Crippen LogP contribution in [0.2, 0.25) is 0 Å². The number of hydrogen-bond acceptors (Lipinski definition) is 5. The van der Waals surface area contributed by atoms with Gasteiger partial charge >= 0.3 is 5.69 Å². The fraction of sp³-hybridized carbons (Fsp3) is 0.0500.